The van der Waals surface area contributed by atoms with E-state index in [0.717, 1.165) is 17.7 Å². The van der Waals surface area contributed by atoms with Gasteiger partial charge in [-0.15, -0.1) is 0 Å². The first kappa shape index (κ1) is 17.8. The molecule has 2 atom stereocenters. The van der Waals surface area contributed by atoms with Gasteiger partial charge in [0.25, 0.3) is 0 Å². The van der Waals surface area contributed by atoms with Crippen LogP contribution in [0.2, 0.25) is 0 Å². The molecule has 0 bridgehead atoms. The van der Waals surface area contributed by atoms with E-state index in [0.29, 0.717) is 26.1 Å². The first-order valence-electron chi connectivity index (χ1n) is 9.08. The van der Waals surface area contributed by atoms with E-state index in [2.05, 4.69) is 0 Å². The van der Waals surface area contributed by atoms with Crippen molar-refractivity contribution in [2.75, 3.05) is 19.6 Å². The topological polar surface area (TPSA) is 40.6 Å². The number of nitrogens with zero attached hydrogens (tertiary/aromatic N) is 2. The van der Waals surface area contributed by atoms with E-state index in [1.807, 2.05) is 35.2 Å². The first-order valence-corrected chi connectivity index (χ1v) is 9.08. The third-order valence-electron chi connectivity index (χ3n) is 5.43. The minimum absolute atomic E-state index is 0.150. The zero-order valence-electron chi connectivity index (χ0n) is 14.8. The van der Waals surface area contributed by atoms with E-state index >= 15 is 0 Å². The van der Waals surface area contributed by atoms with Crippen molar-refractivity contribution in [3.8, 4) is 0 Å². The van der Waals surface area contributed by atoms with E-state index in [4.69, 9.17) is 0 Å². The molecule has 0 aromatic heterocycles. The van der Waals surface area contributed by atoms with Gasteiger partial charge < -0.3 is 0 Å². The Balaban J connectivity index is 1.40. The number of imide groups is 1. The lowest BCUT2D eigenvalue weighted by atomic mass is 10.00. The molecule has 0 spiro atoms. The number of halogens is 2. The Morgan fingerprint density at radius 2 is 1.59 bits per heavy atom. The maximum Gasteiger partial charge on any atom is 0.234 e. The van der Waals surface area contributed by atoms with Crippen molar-refractivity contribution < 1.29 is 18.4 Å². The lowest BCUT2D eigenvalue weighted by Gasteiger charge is -2.21. The SMILES string of the molecule is O=C1[C@H]2CN(Cc3cc(F)ccc3F)C[C@H]2C(=O)N1CCc1ccccc1. The maximum absolute atomic E-state index is 13.9. The van der Waals surface area contributed by atoms with Gasteiger partial charge in [-0.25, -0.2) is 8.78 Å². The largest absolute Gasteiger partial charge is 0.297 e. The number of hydrogen-bond donors (Lipinski definition) is 0. The summed E-state index contributed by atoms with van der Waals surface area (Å²) in [5.41, 5.74) is 1.33. The second-order valence-corrected chi connectivity index (χ2v) is 7.21. The Bertz CT molecular complexity index is 848. The van der Waals surface area contributed by atoms with Crippen molar-refractivity contribution in [1.82, 2.24) is 9.80 Å². The molecule has 2 amide bonds. The molecule has 4 nitrogen and oxygen atoms in total. The summed E-state index contributed by atoms with van der Waals surface area (Å²) in [5, 5.41) is 0. The molecule has 0 unspecified atom stereocenters. The van der Waals surface area contributed by atoms with E-state index < -0.39 is 11.6 Å². The zero-order valence-corrected chi connectivity index (χ0v) is 14.8. The molecule has 27 heavy (non-hydrogen) atoms. The van der Waals surface area contributed by atoms with Gasteiger partial charge in [0.2, 0.25) is 11.8 Å². The van der Waals surface area contributed by atoms with Crippen LogP contribution in [0.3, 0.4) is 0 Å². The monoisotopic (exact) mass is 370 g/mol. The van der Waals surface area contributed by atoms with Crippen LogP contribution in [0.15, 0.2) is 48.5 Å². The highest BCUT2D eigenvalue weighted by atomic mass is 19.1. The van der Waals surface area contributed by atoms with Crippen LogP contribution in [0.1, 0.15) is 11.1 Å². The highest BCUT2D eigenvalue weighted by molar-refractivity contribution is 6.05. The fourth-order valence-electron chi connectivity index (χ4n) is 4.04. The summed E-state index contributed by atoms with van der Waals surface area (Å²) in [6, 6.07) is 13.1. The quantitative estimate of drug-likeness (QED) is 0.760. The minimum Gasteiger partial charge on any atom is -0.297 e. The molecular weight excluding hydrogens is 350 g/mol. The summed E-state index contributed by atoms with van der Waals surface area (Å²) in [4.78, 5) is 28.6. The fourth-order valence-corrected chi connectivity index (χ4v) is 4.04. The van der Waals surface area contributed by atoms with Crippen LogP contribution in [-0.2, 0) is 22.6 Å². The lowest BCUT2D eigenvalue weighted by Crippen LogP contribution is -2.37. The molecule has 2 aliphatic heterocycles. The number of benzene rings is 2. The normalized spacial score (nSPS) is 22.5. The van der Waals surface area contributed by atoms with E-state index in [-0.39, 0.29) is 35.8 Å². The Morgan fingerprint density at radius 3 is 2.26 bits per heavy atom. The molecule has 6 heteroatoms. The van der Waals surface area contributed by atoms with Crippen molar-refractivity contribution in [1.29, 1.82) is 0 Å². The van der Waals surface area contributed by atoms with Crippen LogP contribution in [0.5, 0.6) is 0 Å². The average molecular weight is 370 g/mol. The van der Waals surface area contributed by atoms with Crippen LogP contribution in [0, 0.1) is 23.5 Å². The highest BCUT2D eigenvalue weighted by Gasteiger charge is 2.51. The number of carbonyl (C=O) groups is 2. The molecule has 2 aromatic carbocycles. The van der Waals surface area contributed by atoms with Gasteiger partial charge in [0.05, 0.1) is 11.8 Å². The molecule has 0 radical (unpaired) electrons. The molecule has 4 rings (SSSR count). The molecule has 0 aliphatic carbocycles. The van der Waals surface area contributed by atoms with Gasteiger partial charge in [-0.3, -0.25) is 19.4 Å². The summed E-state index contributed by atoms with van der Waals surface area (Å²) in [5.74, 6) is -2.04. The van der Waals surface area contributed by atoms with Crippen molar-refractivity contribution in [2.45, 2.75) is 13.0 Å². The molecule has 0 saturated carbocycles. The molecule has 2 fully saturated rings. The van der Waals surface area contributed by atoms with E-state index in [1.54, 1.807) is 0 Å². The van der Waals surface area contributed by atoms with Crippen LogP contribution in [0.25, 0.3) is 0 Å². The zero-order chi connectivity index (χ0) is 19.0. The Hall–Kier alpha value is -2.60. The van der Waals surface area contributed by atoms with Gasteiger partial charge in [0.1, 0.15) is 11.6 Å². The second kappa shape index (κ2) is 7.19. The van der Waals surface area contributed by atoms with Crippen LogP contribution in [0.4, 0.5) is 8.78 Å². The van der Waals surface area contributed by atoms with Gasteiger partial charge >= 0.3 is 0 Å². The first-order chi connectivity index (χ1) is 13.0. The van der Waals surface area contributed by atoms with Gasteiger partial charge in [-0.1, -0.05) is 30.3 Å². The number of amides is 2. The van der Waals surface area contributed by atoms with Crippen LogP contribution in [-0.4, -0.2) is 41.2 Å². The fraction of sp³-hybridized carbons (Fsp3) is 0.333. The van der Waals surface area contributed by atoms with E-state index in [1.165, 1.54) is 11.0 Å². The Kier molecular flexibility index (Phi) is 4.74. The molecule has 2 saturated heterocycles. The maximum atomic E-state index is 13.9. The summed E-state index contributed by atoms with van der Waals surface area (Å²) in [7, 11) is 0. The number of rotatable bonds is 5. The van der Waals surface area contributed by atoms with E-state index in [9.17, 15) is 18.4 Å². The predicted octanol–water partition coefficient (Wildman–Crippen LogP) is 2.62. The number of hydrogen-bond acceptors (Lipinski definition) is 3. The standard InChI is InChI=1S/C21H20F2N2O2/c22-16-6-7-19(23)15(10-16)11-24-12-17-18(13-24)21(27)25(20(17)26)9-8-14-4-2-1-3-5-14/h1-7,10,17-18H,8-9,11-13H2/t17-,18+. The second-order valence-electron chi connectivity index (χ2n) is 7.21. The van der Waals surface area contributed by atoms with Gasteiger partial charge in [0, 0.05) is 31.7 Å². The lowest BCUT2D eigenvalue weighted by molar-refractivity contribution is -0.140. The van der Waals surface area contributed by atoms with Gasteiger partial charge in [0.15, 0.2) is 0 Å². The molecule has 2 aliphatic rings. The summed E-state index contributed by atoms with van der Waals surface area (Å²) in [6.07, 6.45) is 0.635. The number of carbonyl (C=O) groups excluding carboxylic acids is 2. The number of likely N-dealkylation sites (tertiary alicyclic amines) is 2. The smallest absolute Gasteiger partial charge is 0.234 e. The summed E-state index contributed by atoms with van der Waals surface area (Å²) < 4.78 is 27.2. The van der Waals surface area contributed by atoms with Crippen molar-refractivity contribution in [3.63, 3.8) is 0 Å². The van der Waals surface area contributed by atoms with Crippen molar-refractivity contribution in [2.24, 2.45) is 11.8 Å². The van der Waals surface area contributed by atoms with Crippen molar-refractivity contribution >= 4 is 11.8 Å². The molecule has 140 valence electrons. The Labute approximate surface area is 156 Å². The molecule has 2 heterocycles. The molecule has 2 aromatic rings. The number of fused-ring (bicyclic) bond motifs is 1. The summed E-state index contributed by atoms with van der Waals surface area (Å²) >= 11 is 0. The molecular formula is C21H20F2N2O2. The molecule has 0 N–H and O–H groups in total. The summed E-state index contributed by atoms with van der Waals surface area (Å²) in [6.45, 7) is 1.37. The van der Waals surface area contributed by atoms with Gasteiger partial charge in [-0.05, 0) is 30.2 Å². The van der Waals surface area contributed by atoms with Crippen molar-refractivity contribution in [3.05, 3.63) is 71.3 Å². The van der Waals surface area contributed by atoms with Gasteiger partial charge in [-0.2, -0.15) is 0 Å². The highest BCUT2D eigenvalue weighted by Crippen LogP contribution is 2.34. The predicted molar refractivity (Wildman–Crippen MR) is 95.5 cm³/mol. The third-order valence-corrected chi connectivity index (χ3v) is 5.43. The van der Waals surface area contributed by atoms with Crippen LogP contribution < -0.4 is 0 Å². The Morgan fingerprint density at radius 1 is 0.926 bits per heavy atom. The van der Waals surface area contributed by atoms with Crippen LogP contribution >= 0.6 is 0 Å². The average Bonchev–Trinajstić information content (AvgIpc) is 3.17. The minimum atomic E-state index is -0.495. The third kappa shape index (κ3) is 3.49.